The second-order valence-electron chi connectivity index (χ2n) is 11.5. The van der Waals surface area contributed by atoms with Gasteiger partial charge in [-0.3, -0.25) is 18.6 Å². The minimum absolute atomic E-state index is 0.165. The van der Waals surface area contributed by atoms with Crippen LogP contribution in [-0.2, 0) is 32.7 Å². The quantitative estimate of drug-likeness (QED) is 0.0274. The molecule has 0 saturated carbocycles. The van der Waals surface area contributed by atoms with E-state index in [0.717, 1.165) is 44.9 Å². The van der Waals surface area contributed by atoms with Gasteiger partial charge in [0, 0.05) is 12.8 Å². The number of hydrogen-bond acceptors (Lipinski definition) is 9. The van der Waals surface area contributed by atoms with Crippen LogP contribution in [0, 0.1) is 0 Å². The Kier molecular flexibility index (Phi) is 31.0. The molecule has 3 atom stereocenters. The van der Waals surface area contributed by atoms with Crippen LogP contribution in [0.4, 0.5) is 0 Å². The highest BCUT2D eigenvalue weighted by atomic mass is 31.2. The van der Waals surface area contributed by atoms with Crippen molar-refractivity contribution in [1.29, 1.82) is 0 Å². The summed E-state index contributed by atoms with van der Waals surface area (Å²) >= 11 is 0. The highest BCUT2D eigenvalue weighted by molar-refractivity contribution is 7.47. The maximum absolute atomic E-state index is 12.4. The summed E-state index contributed by atoms with van der Waals surface area (Å²) in [6, 6.07) is 0. The van der Waals surface area contributed by atoms with Crippen LogP contribution < -0.4 is 0 Å². The third kappa shape index (κ3) is 32.3. The van der Waals surface area contributed by atoms with Crippen LogP contribution in [0.3, 0.4) is 0 Å². The third-order valence-electron chi connectivity index (χ3n) is 6.99. The molecule has 0 fully saturated rings. The van der Waals surface area contributed by atoms with Gasteiger partial charge in [0.15, 0.2) is 6.10 Å². The second kappa shape index (κ2) is 32.5. The topological polar surface area (TPSA) is 149 Å². The van der Waals surface area contributed by atoms with Crippen LogP contribution >= 0.6 is 7.82 Å². The number of rotatable bonds is 32. The zero-order chi connectivity index (χ0) is 34.9. The molecule has 272 valence electrons. The highest BCUT2D eigenvalue weighted by Crippen LogP contribution is 2.43. The number of ether oxygens (including phenoxy) is 2. The van der Waals surface area contributed by atoms with Gasteiger partial charge in [0.25, 0.3) is 0 Å². The molecule has 0 saturated heterocycles. The minimum atomic E-state index is -4.61. The number of aliphatic hydroxyl groups excluding tert-OH is 2. The number of esters is 2. The SMILES string of the molecule is CCCCC/C=C/C/C=C/C/C=C/C/C=C/CCCC(=O)OC[C@@H](COP(=O)(O)OC[C@H](O)CO)OC(=O)CCCCCCCCC. The lowest BCUT2D eigenvalue weighted by molar-refractivity contribution is -0.161. The van der Waals surface area contributed by atoms with E-state index < -0.39 is 51.8 Å². The van der Waals surface area contributed by atoms with E-state index in [2.05, 4.69) is 60.9 Å². The van der Waals surface area contributed by atoms with E-state index in [1.54, 1.807) is 0 Å². The Morgan fingerprint density at radius 1 is 0.638 bits per heavy atom. The van der Waals surface area contributed by atoms with Gasteiger partial charge in [-0.25, -0.2) is 4.57 Å². The molecule has 11 heteroatoms. The molecule has 0 aromatic rings. The summed E-state index contributed by atoms with van der Waals surface area (Å²) < 4.78 is 32.3. The van der Waals surface area contributed by atoms with E-state index in [-0.39, 0.29) is 19.4 Å². The van der Waals surface area contributed by atoms with Crippen molar-refractivity contribution >= 4 is 19.8 Å². The predicted molar refractivity (Wildman–Crippen MR) is 187 cm³/mol. The molecule has 47 heavy (non-hydrogen) atoms. The van der Waals surface area contributed by atoms with E-state index in [1.807, 2.05) is 6.08 Å². The number of hydrogen-bond donors (Lipinski definition) is 3. The Morgan fingerprint density at radius 2 is 1.13 bits per heavy atom. The van der Waals surface area contributed by atoms with E-state index in [1.165, 1.54) is 38.5 Å². The first-order valence-electron chi connectivity index (χ1n) is 17.6. The summed E-state index contributed by atoms with van der Waals surface area (Å²) in [4.78, 5) is 34.5. The highest BCUT2D eigenvalue weighted by Gasteiger charge is 2.27. The van der Waals surface area contributed by atoms with E-state index >= 15 is 0 Å². The zero-order valence-electron chi connectivity index (χ0n) is 29.0. The van der Waals surface area contributed by atoms with Crippen LogP contribution in [-0.4, -0.2) is 65.7 Å². The van der Waals surface area contributed by atoms with Crippen molar-refractivity contribution in [3.63, 3.8) is 0 Å². The number of aliphatic hydroxyl groups is 2. The van der Waals surface area contributed by atoms with Gasteiger partial charge in [-0.1, -0.05) is 114 Å². The van der Waals surface area contributed by atoms with Gasteiger partial charge in [0.1, 0.15) is 12.7 Å². The fraction of sp³-hybridized carbons (Fsp3) is 0.722. The molecule has 0 aliphatic carbocycles. The molecular formula is C36H63O10P. The van der Waals surface area contributed by atoms with Gasteiger partial charge in [0.05, 0.1) is 19.8 Å². The second-order valence-corrected chi connectivity index (χ2v) is 13.0. The number of carbonyl (C=O) groups is 2. The Bertz CT molecular complexity index is 931. The maximum atomic E-state index is 12.4. The van der Waals surface area contributed by atoms with Crippen LogP contribution in [0.5, 0.6) is 0 Å². The van der Waals surface area contributed by atoms with Gasteiger partial charge in [-0.05, 0) is 51.4 Å². The number of phosphoric acid groups is 1. The third-order valence-corrected chi connectivity index (χ3v) is 7.94. The Labute approximate surface area is 283 Å². The van der Waals surface area contributed by atoms with E-state index in [9.17, 15) is 24.2 Å². The van der Waals surface area contributed by atoms with Crippen molar-refractivity contribution in [2.45, 2.75) is 142 Å². The van der Waals surface area contributed by atoms with Crippen molar-refractivity contribution in [2.75, 3.05) is 26.4 Å². The normalized spacial score (nSPS) is 14.7. The van der Waals surface area contributed by atoms with Crippen LogP contribution in [0.1, 0.15) is 129 Å². The molecule has 0 radical (unpaired) electrons. The summed E-state index contributed by atoms with van der Waals surface area (Å²) in [6.45, 7) is 2.19. The number of phosphoric ester groups is 1. The molecule has 0 aromatic heterocycles. The lowest BCUT2D eigenvalue weighted by Crippen LogP contribution is -2.29. The molecule has 0 aliphatic heterocycles. The number of carbonyl (C=O) groups excluding carboxylic acids is 2. The van der Waals surface area contributed by atoms with Gasteiger partial charge in [-0.15, -0.1) is 0 Å². The fourth-order valence-electron chi connectivity index (χ4n) is 4.22. The van der Waals surface area contributed by atoms with Gasteiger partial charge in [0.2, 0.25) is 0 Å². The first-order valence-corrected chi connectivity index (χ1v) is 19.1. The number of unbranched alkanes of at least 4 members (excludes halogenated alkanes) is 10. The van der Waals surface area contributed by atoms with Crippen LogP contribution in [0.2, 0.25) is 0 Å². The van der Waals surface area contributed by atoms with E-state index in [4.69, 9.17) is 19.1 Å². The molecule has 10 nitrogen and oxygen atoms in total. The summed E-state index contributed by atoms with van der Waals surface area (Å²) in [5.74, 6) is -1.00. The molecular weight excluding hydrogens is 623 g/mol. The molecule has 0 amide bonds. The van der Waals surface area contributed by atoms with Crippen molar-refractivity contribution in [3.8, 4) is 0 Å². The lowest BCUT2D eigenvalue weighted by Gasteiger charge is -2.20. The summed E-state index contributed by atoms with van der Waals surface area (Å²) in [5, 5.41) is 18.2. The molecule has 0 bridgehead atoms. The fourth-order valence-corrected chi connectivity index (χ4v) is 5.01. The molecule has 1 unspecified atom stereocenters. The molecule has 0 aromatic carbocycles. The van der Waals surface area contributed by atoms with E-state index in [0.29, 0.717) is 19.3 Å². The number of allylic oxidation sites excluding steroid dienone is 8. The molecule has 0 spiro atoms. The van der Waals surface area contributed by atoms with Gasteiger partial charge in [-0.2, -0.15) is 0 Å². The van der Waals surface area contributed by atoms with Crippen molar-refractivity contribution in [1.82, 2.24) is 0 Å². The predicted octanol–water partition coefficient (Wildman–Crippen LogP) is 8.21. The largest absolute Gasteiger partial charge is 0.472 e. The Morgan fingerprint density at radius 3 is 1.72 bits per heavy atom. The summed E-state index contributed by atoms with van der Waals surface area (Å²) in [5.41, 5.74) is 0. The van der Waals surface area contributed by atoms with Crippen LogP contribution in [0.15, 0.2) is 48.6 Å². The molecule has 0 aliphatic rings. The van der Waals surface area contributed by atoms with Gasteiger partial charge >= 0.3 is 19.8 Å². The van der Waals surface area contributed by atoms with Crippen molar-refractivity contribution in [2.24, 2.45) is 0 Å². The zero-order valence-corrected chi connectivity index (χ0v) is 29.9. The Balaban J connectivity index is 4.44. The standard InChI is InChI=1S/C36H63O10P/c1-3-5-7-9-11-12-13-14-15-16-17-18-19-20-22-23-25-27-35(39)43-31-34(32-45-47(41,42)44-30-33(38)29-37)46-36(40)28-26-24-21-10-8-6-4-2/h11-12,14-15,17-18,20,22,33-34,37-38H,3-10,13,16,19,21,23-32H2,1-2H3,(H,41,42)/b12-11+,15-14+,18-17+,22-20+/t33-,34+/m1/s1. The minimum Gasteiger partial charge on any atom is -0.462 e. The van der Waals surface area contributed by atoms with Gasteiger partial charge < -0.3 is 24.6 Å². The first kappa shape index (κ1) is 44.9. The lowest BCUT2D eigenvalue weighted by atomic mass is 10.1. The summed E-state index contributed by atoms with van der Waals surface area (Å²) in [6.07, 6.45) is 31.2. The molecule has 0 rings (SSSR count). The monoisotopic (exact) mass is 686 g/mol. The average Bonchev–Trinajstić information content (AvgIpc) is 3.05. The summed E-state index contributed by atoms with van der Waals surface area (Å²) in [7, 11) is -4.61. The average molecular weight is 687 g/mol. The smallest absolute Gasteiger partial charge is 0.462 e. The van der Waals surface area contributed by atoms with Crippen molar-refractivity contribution in [3.05, 3.63) is 48.6 Å². The molecule has 3 N–H and O–H groups in total. The maximum Gasteiger partial charge on any atom is 0.472 e. The molecule has 0 heterocycles. The first-order chi connectivity index (χ1) is 22.7. The Hall–Kier alpha value is -2.07. The van der Waals surface area contributed by atoms with Crippen LogP contribution in [0.25, 0.3) is 0 Å². The van der Waals surface area contributed by atoms with Crippen molar-refractivity contribution < 1.29 is 47.8 Å².